The largest absolute Gasteiger partial charge is 0.466 e. The molecule has 1 aliphatic rings. The van der Waals surface area contributed by atoms with Crippen molar-refractivity contribution < 1.29 is 9.53 Å². The number of methoxy groups -OCH3 is 1. The van der Waals surface area contributed by atoms with Crippen LogP contribution in [0.4, 0.5) is 5.69 Å². The van der Waals surface area contributed by atoms with Crippen LogP contribution in [0.5, 0.6) is 0 Å². The number of esters is 1. The van der Waals surface area contributed by atoms with E-state index in [9.17, 15) is 4.79 Å². The molecule has 1 aliphatic heterocycles. The molecule has 1 aromatic carbocycles. The highest BCUT2D eigenvalue weighted by atomic mass is 16.5. The van der Waals surface area contributed by atoms with Gasteiger partial charge in [0.1, 0.15) is 0 Å². The van der Waals surface area contributed by atoms with E-state index in [0.717, 1.165) is 18.7 Å². The van der Waals surface area contributed by atoms with Gasteiger partial charge < -0.3 is 9.64 Å². The summed E-state index contributed by atoms with van der Waals surface area (Å²) in [5.41, 5.74) is 2.29. The normalized spacial score (nSPS) is 16.4. The third-order valence-electron chi connectivity index (χ3n) is 3.48. The molecule has 0 N–H and O–H groups in total. The van der Waals surface area contributed by atoms with Crippen LogP contribution >= 0.6 is 0 Å². The average Bonchev–Trinajstić information content (AvgIpc) is 2.74. The summed E-state index contributed by atoms with van der Waals surface area (Å²) in [6.45, 7) is 2.30. The fraction of sp³-hybridized carbons (Fsp3) is 0.438. The van der Waals surface area contributed by atoms with Gasteiger partial charge in [-0.1, -0.05) is 25.0 Å². The maximum Gasteiger partial charge on any atom is 0.330 e. The van der Waals surface area contributed by atoms with Crippen LogP contribution in [0.15, 0.2) is 30.3 Å². The lowest BCUT2D eigenvalue weighted by Crippen LogP contribution is -2.23. The summed E-state index contributed by atoms with van der Waals surface area (Å²) in [6.07, 6.45) is 8.47. The van der Waals surface area contributed by atoms with Gasteiger partial charge in [-0.15, -0.1) is 0 Å². The Balaban J connectivity index is 2.01. The van der Waals surface area contributed by atoms with E-state index in [0.29, 0.717) is 0 Å². The molecule has 0 bridgehead atoms. The highest BCUT2D eigenvalue weighted by molar-refractivity contribution is 5.86. The van der Waals surface area contributed by atoms with Crippen molar-refractivity contribution in [1.29, 1.82) is 0 Å². The van der Waals surface area contributed by atoms with Crippen LogP contribution in [-0.2, 0) is 9.53 Å². The SMILES string of the molecule is COC(=O)C=Cc1ccc(N2CCCCCC2)cc1. The summed E-state index contributed by atoms with van der Waals surface area (Å²) in [5, 5.41) is 0. The Labute approximate surface area is 114 Å². The second-order valence-electron chi connectivity index (χ2n) is 4.85. The number of carbonyl (C=O) groups is 1. The summed E-state index contributed by atoms with van der Waals surface area (Å²) in [6, 6.07) is 8.34. The Morgan fingerprint density at radius 2 is 1.74 bits per heavy atom. The van der Waals surface area contributed by atoms with Gasteiger partial charge in [-0.05, 0) is 36.6 Å². The number of hydrogen-bond acceptors (Lipinski definition) is 3. The van der Waals surface area contributed by atoms with Crippen molar-refractivity contribution in [3.63, 3.8) is 0 Å². The molecule has 0 spiro atoms. The van der Waals surface area contributed by atoms with Crippen LogP contribution in [0.2, 0.25) is 0 Å². The van der Waals surface area contributed by atoms with Crippen molar-refractivity contribution in [2.24, 2.45) is 0 Å². The van der Waals surface area contributed by atoms with E-state index in [1.807, 2.05) is 12.1 Å². The topological polar surface area (TPSA) is 29.5 Å². The Kier molecular flexibility index (Phi) is 5.01. The van der Waals surface area contributed by atoms with Gasteiger partial charge in [0.15, 0.2) is 0 Å². The predicted molar refractivity (Wildman–Crippen MR) is 78.2 cm³/mol. The van der Waals surface area contributed by atoms with Gasteiger partial charge in [0.2, 0.25) is 0 Å². The molecule has 0 saturated carbocycles. The second-order valence-corrected chi connectivity index (χ2v) is 4.85. The fourth-order valence-electron chi connectivity index (χ4n) is 2.36. The van der Waals surface area contributed by atoms with Crippen LogP contribution in [-0.4, -0.2) is 26.2 Å². The Morgan fingerprint density at radius 1 is 1.11 bits per heavy atom. The summed E-state index contributed by atoms with van der Waals surface area (Å²) < 4.78 is 4.57. The molecule has 1 saturated heterocycles. The van der Waals surface area contributed by atoms with Crippen LogP contribution in [0, 0.1) is 0 Å². The Hall–Kier alpha value is -1.77. The standard InChI is InChI=1S/C16H21NO2/c1-19-16(18)11-8-14-6-9-15(10-7-14)17-12-4-2-3-5-13-17/h6-11H,2-5,12-13H2,1H3. The molecular formula is C16H21NO2. The zero-order valence-electron chi connectivity index (χ0n) is 11.5. The van der Waals surface area contributed by atoms with E-state index in [1.54, 1.807) is 6.08 Å². The number of nitrogens with zero attached hydrogens (tertiary/aromatic N) is 1. The molecule has 102 valence electrons. The molecule has 0 amide bonds. The zero-order valence-corrected chi connectivity index (χ0v) is 11.5. The molecule has 1 fully saturated rings. The summed E-state index contributed by atoms with van der Waals surface area (Å²) in [5.74, 6) is -0.323. The van der Waals surface area contributed by atoms with E-state index >= 15 is 0 Å². The van der Waals surface area contributed by atoms with Crippen molar-refractivity contribution in [3.8, 4) is 0 Å². The number of rotatable bonds is 3. The maximum absolute atomic E-state index is 11.0. The van der Waals surface area contributed by atoms with Crippen LogP contribution < -0.4 is 4.90 Å². The van der Waals surface area contributed by atoms with Gasteiger partial charge in [0.25, 0.3) is 0 Å². The molecular weight excluding hydrogens is 238 g/mol. The van der Waals surface area contributed by atoms with Crippen LogP contribution in [0.1, 0.15) is 31.2 Å². The van der Waals surface area contributed by atoms with E-state index in [2.05, 4.69) is 21.8 Å². The number of anilines is 1. The first-order valence-electron chi connectivity index (χ1n) is 6.90. The fourth-order valence-corrected chi connectivity index (χ4v) is 2.36. The lowest BCUT2D eigenvalue weighted by molar-refractivity contribution is -0.134. The number of hydrogen-bond donors (Lipinski definition) is 0. The summed E-state index contributed by atoms with van der Waals surface area (Å²) in [7, 11) is 1.38. The van der Waals surface area contributed by atoms with E-state index < -0.39 is 0 Å². The minimum Gasteiger partial charge on any atom is -0.466 e. The minimum atomic E-state index is -0.323. The Bertz CT molecular complexity index is 429. The highest BCUT2D eigenvalue weighted by Crippen LogP contribution is 2.20. The Morgan fingerprint density at radius 3 is 2.32 bits per heavy atom. The van der Waals surface area contributed by atoms with Gasteiger partial charge >= 0.3 is 5.97 Å². The van der Waals surface area contributed by atoms with Gasteiger partial charge in [0, 0.05) is 24.9 Å². The lowest BCUT2D eigenvalue weighted by atomic mass is 10.1. The quantitative estimate of drug-likeness (QED) is 0.616. The summed E-state index contributed by atoms with van der Waals surface area (Å²) in [4.78, 5) is 13.5. The van der Waals surface area contributed by atoms with Crippen molar-refractivity contribution in [2.45, 2.75) is 25.7 Å². The molecule has 2 rings (SSSR count). The number of carbonyl (C=O) groups excluding carboxylic acids is 1. The first kappa shape index (κ1) is 13.7. The number of ether oxygens (including phenoxy) is 1. The lowest BCUT2D eigenvalue weighted by Gasteiger charge is -2.22. The first-order chi connectivity index (χ1) is 9.29. The molecule has 1 heterocycles. The molecule has 0 aromatic heterocycles. The molecule has 0 atom stereocenters. The molecule has 0 unspecified atom stereocenters. The maximum atomic E-state index is 11.0. The molecule has 1 aromatic rings. The van der Waals surface area contributed by atoms with Crippen molar-refractivity contribution in [3.05, 3.63) is 35.9 Å². The van der Waals surface area contributed by atoms with Gasteiger partial charge in [-0.3, -0.25) is 0 Å². The molecule has 19 heavy (non-hydrogen) atoms. The van der Waals surface area contributed by atoms with Crippen molar-refractivity contribution in [1.82, 2.24) is 0 Å². The zero-order chi connectivity index (χ0) is 13.5. The first-order valence-corrected chi connectivity index (χ1v) is 6.90. The molecule has 0 radical (unpaired) electrons. The molecule has 3 nitrogen and oxygen atoms in total. The monoisotopic (exact) mass is 259 g/mol. The molecule has 0 aliphatic carbocycles. The second kappa shape index (κ2) is 6.98. The number of benzene rings is 1. The van der Waals surface area contributed by atoms with E-state index in [-0.39, 0.29) is 5.97 Å². The van der Waals surface area contributed by atoms with E-state index in [4.69, 9.17) is 0 Å². The van der Waals surface area contributed by atoms with Crippen LogP contribution in [0.3, 0.4) is 0 Å². The van der Waals surface area contributed by atoms with Crippen LogP contribution in [0.25, 0.3) is 6.08 Å². The van der Waals surface area contributed by atoms with E-state index in [1.165, 1.54) is 44.6 Å². The van der Waals surface area contributed by atoms with Gasteiger partial charge in [0.05, 0.1) is 7.11 Å². The third kappa shape index (κ3) is 4.12. The van der Waals surface area contributed by atoms with Crippen molar-refractivity contribution in [2.75, 3.05) is 25.1 Å². The minimum absolute atomic E-state index is 0.323. The van der Waals surface area contributed by atoms with Gasteiger partial charge in [-0.25, -0.2) is 4.79 Å². The average molecular weight is 259 g/mol. The van der Waals surface area contributed by atoms with Gasteiger partial charge in [-0.2, -0.15) is 0 Å². The smallest absolute Gasteiger partial charge is 0.330 e. The molecule has 3 heteroatoms. The highest BCUT2D eigenvalue weighted by Gasteiger charge is 2.09. The third-order valence-corrected chi connectivity index (χ3v) is 3.48. The predicted octanol–water partition coefficient (Wildman–Crippen LogP) is 3.25. The van der Waals surface area contributed by atoms with Crippen molar-refractivity contribution >= 4 is 17.7 Å². The summed E-state index contributed by atoms with van der Waals surface area (Å²) >= 11 is 0.